The molecule has 0 heterocycles. The van der Waals surface area contributed by atoms with Crippen LogP contribution in [0.5, 0.6) is 0 Å². The third-order valence-corrected chi connectivity index (χ3v) is 1.33. The minimum Gasteiger partial charge on any atom is -0.300 e. The van der Waals surface area contributed by atoms with E-state index in [0.29, 0.717) is 0 Å². The van der Waals surface area contributed by atoms with Crippen molar-refractivity contribution in [3.05, 3.63) is 72.8 Å². The number of carbonyl (C=O) groups is 2. The molecule has 2 aromatic rings. The Morgan fingerprint density at radius 1 is 0.444 bits per heavy atom. The highest BCUT2D eigenvalue weighted by Crippen LogP contribution is 1.80. The number of ketones is 2. The van der Waals surface area contributed by atoms with Gasteiger partial charge in [0.2, 0.25) is 0 Å². The van der Waals surface area contributed by atoms with Crippen molar-refractivity contribution in [2.75, 3.05) is 0 Å². The van der Waals surface area contributed by atoms with Gasteiger partial charge in [-0.25, -0.2) is 0 Å². The summed E-state index contributed by atoms with van der Waals surface area (Å²) in [4.78, 5) is 18.9. The maximum absolute atomic E-state index is 9.44. The standard InChI is InChI=1S/2C6H6.2C3H6O.C3H8.2C2H6/c2*1-2-4-6-5-3-1;2*1-3(2)4;1-3-2;2*1-2/h2*1-6H;2*1-2H3;3H2,1-2H3;2*1-2H3. The van der Waals surface area contributed by atoms with E-state index in [-0.39, 0.29) is 11.6 Å². The molecule has 0 saturated carbocycles. The van der Waals surface area contributed by atoms with Crippen LogP contribution in [0.4, 0.5) is 0 Å². The molecule has 2 rings (SSSR count). The van der Waals surface area contributed by atoms with E-state index in [1.54, 1.807) is 0 Å². The van der Waals surface area contributed by atoms with Gasteiger partial charge in [-0.05, 0) is 27.7 Å². The summed E-state index contributed by atoms with van der Waals surface area (Å²) < 4.78 is 0. The molecule has 2 heteroatoms. The number of hydrogen-bond acceptors (Lipinski definition) is 2. The zero-order valence-corrected chi connectivity index (χ0v) is 19.5. The van der Waals surface area contributed by atoms with Gasteiger partial charge in [0.25, 0.3) is 0 Å². The van der Waals surface area contributed by atoms with E-state index in [1.165, 1.54) is 34.1 Å². The Morgan fingerprint density at radius 2 is 0.481 bits per heavy atom. The van der Waals surface area contributed by atoms with Crippen LogP contribution in [0.15, 0.2) is 72.8 Å². The van der Waals surface area contributed by atoms with Crippen LogP contribution in [0.3, 0.4) is 0 Å². The zero-order valence-electron chi connectivity index (χ0n) is 19.5. The molecule has 0 aromatic heterocycles. The van der Waals surface area contributed by atoms with Crippen molar-refractivity contribution in [1.82, 2.24) is 0 Å². The smallest absolute Gasteiger partial charge is 0.126 e. The number of benzene rings is 2. The summed E-state index contributed by atoms with van der Waals surface area (Å²) in [5.74, 6) is 0.333. The number of Topliss-reactive ketones (excluding diaryl/α,β-unsaturated/α-hetero) is 2. The van der Waals surface area contributed by atoms with Gasteiger partial charge in [0.1, 0.15) is 11.6 Å². The van der Waals surface area contributed by atoms with Gasteiger partial charge in [-0.15, -0.1) is 0 Å². The predicted molar refractivity (Wildman–Crippen MR) is 124 cm³/mol. The molecule has 0 bridgehead atoms. The largest absolute Gasteiger partial charge is 0.300 e. The van der Waals surface area contributed by atoms with E-state index in [4.69, 9.17) is 0 Å². The molecule has 0 saturated heterocycles. The quantitative estimate of drug-likeness (QED) is 0.466. The molecule has 156 valence electrons. The van der Waals surface area contributed by atoms with E-state index in [0.717, 1.165) is 0 Å². The van der Waals surface area contributed by atoms with Crippen LogP contribution in [-0.2, 0) is 9.59 Å². The van der Waals surface area contributed by atoms with Gasteiger partial charge < -0.3 is 9.59 Å². The Labute approximate surface area is 170 Å². The van der Waals surface area contributed by atoms with Crippen LogP contribution >= 0.6 is 0 Å². The summed E-state index contributed by atoms with van der Waals surface area (Å²) in [5, 5.41) is 0. The molecule has 0 aliphatic rings. The van der Waals surface area contributed by atoms with Crippen LogP contribution < -0.4 is 0 Å². The second kappa shape index (κ2) is 43.8. The number of rotatable bonds is 0. The summed E-state index contributed by atoms with van der Waals surface area (Å²) in [7, 11) is 0. The van der Waals surface area contributed by atoms with E-state index in [1.807, 2.05) is 100 Å². The normalized spacial score (nSPS) is 6.59. The lowest BCUT2D eigenvalue weighted by atomic mass is 10.4. The summed E-state index contributed by atoms with van der Waals surface area (Å²) >= 11 is 0. The Balaban J connectivity index is -0.0000000730. The topological polar surface area (TPSA) is 34.1 Å². The van der Waals surface area contributed by atoms with E-state index in [9.17, 15) is 9.59 Å². The highest BCUT2D eigenvalue weighted by Gasteiger charge is 1.62. The first-order chi connectivity index (χ1) is 12.9. The minimum absolute atomic E-state index is 0.167. The van der Waals surface area contributed by atoms with Gasteiger partial charge in [0.15, 0.2) is 0 Å². The molecule has 2 aromatic carbocycles. The Bertz CT molecular complexity index is 331. The fourth-order valence-electron chi connectivity index (χ4n) is 0.770. The molecule has 0 aliphatic heterocycles. The van der Waals surface area contributed by atoms with Crippen LogP contribution in [0.2, 0.25) is 0 Å². The summed E-state index contributed by atoms with van der Waals surface area (Å²) in [6.07, 6.45) is 1.25. The molecular formula is C25H44O2. The third-order valence-electron chi connectivity index (χ3n) is 1.33. The first-order valence-electron chi connectivity index (χ1n) is 9.82. The average Bonchev–Trinajstić information content (AvgIpc) is 2.68. The fourth-order valence-corrected chi connectivity index (χ4v) is 0.770. The summed E-state index contributed by atoms with van der Waals surface area (Å²) in [5.41, 5.74) is 0. The van der Waals surface area contributed by atoms with Crippen molar-refractivity contribution in [3.63, 3.8) is 0 Å². The van der Waals surface area contributed by atoms with Gasteiger partial charge in [-0.3, -0.25) is 0 Å². The first kappa shape index (κ1) is 35.8. The molecule has 0 N–H and O–H groups in total. The molecule has 27 heavy (non-hydrogen) atoms. The van der Waals surface area contributed by atoms with Crippen molar-refractivity contribution in [2.45, 2.75) is 75.7 Å². The van der Waals surface area contributed by atoms with Crippen molar-refractivity contribution in [2.24, 2.45) is 0 Å². The van der Waals surface area contributed by atoms with Gasteiger partial charge >= 0.3 is 0 Å². The highest BCUT2D eigenvalue weighted by molar-refractivity contribution is 5.72. The summed E-state index contributed by atoms with van der Waals surface area (Å²) in [6, 6.07) is 24.0. The third kappa shape index (κ3) is 118. The van der Waals surface area contributed by atoms with Gasteiger partial charge in [0.05, 0.1) is 0 Å². The fraction of sp³-hybridized carbons (Fsp3) is 0.440. The molecule has 0 aliphatic carbocycles. The summed E-state index contributed by atoms with van der Waals surface area (Å²) in [6.45, 7) is 18.4. The molecule has 0 atom stereocenters. The highest BCUT2D eigenvalue weighted by atomic mass is 16.1. The molecule has 2 nitrogen and oxygen atoms in total. The lowest BCUT2D eigenvalue weighted by molar-refractivity contribution is -0.115. The van der Waals surface area contributed by atoms with Crippen LogP contribution in [0, 0.1) is 0 Å². The maximum atomic E-state index is 9.44. The van der Waals surface area contributed by atoms with Gasteiger partial charge in [0, 0.05) is 0 Å². The molecule has 0 spiro atoms. The Kier molecular flexibility index (Phi) is 58.1. The van der Waals surface area contributed by atoms with E-state index >= 15 is 0 Å². The van der Waals surface area contributed by atoms with Crippen molar-refractivity contribution >= 4 is 11.6 Å². The molecule has 0 unspecified atom stereocenters. The molecule has 0 amide bonds. The Hall–Kier alpha value is -2.22. The molecule has 0 fully saturated rings. The predicted octanol–water partition coefficient (Wildman–Crippen LogP) is 8.03. The van der Waals surface area contributed by atoms with Crippen LogP contribution in [0.1, 0.15) is 75.7 Å². The second-order valence-electron chi connectivity index (χ2n) is 4.83. The van der Waals surface area contributed by atoms with E-state index in [2.05, 4.69) is 13.8 Å². The van der Waals surface area contributed by atoms with E-state index < -0.39 is 0 Å². The maximum Gasteiger partial charge on any atom is 0.126 e. The minimum atomic E-state index is 0.167. The van der Waals surface area contributed by atoms with Crippen LogP contribution in [-0.4, -0.2) is 11.6 Å². The van der Waals surface area contributed by atoms with Crippen molar-refractivity contribution in [1.29, 1.82) is 0 Å². The lowest BCUT2D eigenvalue weighted by Gasteiger charge is -1.69. The van der Waals surface area contributed by atoms with Crippen LogP contribution in [0.25, 0.3) is 0 Å². The average molecular weight is 377 g/mol. The molecular weight excluding hydrogens is 332 g/mol. The number of hydrogen-bond donors (Lipinski definition) is 0. The van der Waals surface area contributed by atoms with Crippen molar-refractivity contribution in [3.8, 4) is 0 Å². The van der Waals surface area contributed by atoms with Gasteiger partial charge in [-0.2, -0.15) is 0 Å². The number of carbonyl (C=O) groups excluding carboxylic acids is 2. The van der Waals surface area contributed by atoms with Gasteiger partial charge in [-0.1, -0.05) is 121 Å². The lowest BCUT2D eigenvalue weighted by Crippen LogP contribution is -1.69. The SMILES string of the molecule is CC.CC.CC(C)=O.CC(C)=O.CCC.c1ccccc1.c1ccccc1. The molecule has 0 radical (unpaired) electrons. The monoisotopic (exact) mass is 376 g/mol. The van der Waals surface area contributed by atoms with Crippen molar-refractivity contribution < 1.29 is 9.59 Å². The zero-order chi connectivity index (χ0) is 22.3. The second-order valence-corrected chi connectivity index (χ2v) is 4.83. The Morgan fingerprint density at radius 3 is 0.519 bits per heavy atom. The first-order valence-corrected chi connectivity index (χ1v) is 9.82.